The maximum atomic E-state index is 13.1. The van der Waals surface area contributed by atoms with Gasteiger partial charge in [0.25, 0.3) is 11.5 Å². The van der Waals surface area contributed by atoms with Gasteiger partial charge in [0.1, 0.15) is 5.82 Å². The first-order chi connectivity index (χ1) is 12.8. The van der Waals surface area contributed by atoms with Gasteiger partial charge in [-0.1, -0.05) is 36.2 Å². The Morgan fingerprint density at radius 3 is 2.67 bits per heavy atom. The number of nitrogen functional groups attached to an aromatic ring is 1. The van der Waals surface area contributed by atoms with Crippen LogP contribution in [0.5, 0.6) is 0 Å². The largest absolute Gasteiger partial charge is 0.383 e. The van der Waals surface area contributed by atoms with E-state index in [0.717, 1.165) is 4.90 Å². The number of ether oxygens (including phenoxy) is 1. The first kappa shape index (κ1) is 21.0. The number of aromatic nitrogens is 2. The molecule has 27 heavy (non-hydrogen) atoms. The van der Waals surface area contributed by atoms with Crippen LogP contribution in [-0.2, 0) is 11.3 Å². The fourth-order valence-corrected chi connectivity index (χ4v) is 2.98. The van der Waals surface area contributed by atoms with E-state index in [-0.39, 0.29) is 40.3 Å². The Balaban J connectivity index is 2.65. The van der Waals surface area contributed by atoms with Crippen LogP contribution in [0, 0.1) is 0 Å². The minimum absolute atomic E-state index is 0.0236. The number of aromatic amines is 1. The molecular formula is C17H20Cl2N4O4. The van der Waals surface area contributed by atoms with Gasteiger partial charge in [0, 0.05) is 20.2 Å². The molecule has 0 atom stereocenters. The van der Waals surface area contributed by atoms with Gasteiger partial charge in [-0.25, -0.2) is 4.79 Å². The summed E-state index contributed by atoms with van der Waals surface area (Å²) in [5.74, 6) is -0.688. The summed E-state index contributed by atoms with van der Waals surface area (Å²) in [6.45, 7) is 2.31. The van der Waals surface area contributed by atoms with E-state index >= 15 is 0 Å². The van der Waals surface area contributed by atoms with Crippen LogP contribution in [0.2, 0.25) is 10.0 Å². The molecule has 1 aromatic carbocycles. The molecule has 1 amide bonds. The maximum absolute atomic E-state index is 13.1. The number of hydrogen-bond donors (Lipinski definition) is 2. The third kappa shape index (κ3) is 4.35. The first-order valence-corrected chi connectivity index (χ1v) is 8.96. The lowest BCUT2D eigenvalue weighted by molar-refractivity contribution is 0.0975. The van der Waals surface area contributed by atoms with Crippen LogP contribution < -0.4 is 21.9 Å². The molecule has 0 aliphatic carbocycles. The van der Waals surface area contributed by atoms with E-state index in [4.69, 9.17) is 33.7 Å². The van der Waals surface area contributed by atoms with E-state index in [1.807, 2.05) is 6.92 Å². The second kappa shape index (κ2) is 9.07. The standard InChI is InChI=1S/C17H20Cl2N4O4/c1-3-7-23-14(20)13(15(24)21-17(23)26)22(8-9-27-2)16(25)10-5-4-6-11(18)12(10)19/h4-6H,3,7-9,20H2,1-2H3,(H,21,24,26). The molecule has 0 bridgehead atoms. The van der Waals surface area contributed by atoms with Gasteiger partial charge < -0.3 is 10.5 Å². The second-order valence-corrected chi connectivity index (χ2v) is 6.48. The molecule has 3 N–H and O–H groups in total. The van der Waals surface area contributed by atoms with Crippen LogP contribution in [0.1, 0.15) is 23.7 Å². The van der Waals surface area contributed by atoms with Crippen molar-refractivity contribution in [2.75, 3.05) is 30.9 Å². The Kier molecular flexibility index (Phi) is 7.06. The number of anilines is 2. The number of methoxy groups -OCH3 is 1. The molecule has 0 spiro atoms. The molecule has 1 heterocycles. The molecule has 0 aliphatic heterocycles. The molecule has 0 fully saturated rings. The maximum Gasteiger partial charge on any atom is 0.330 e. The minimum Gasteiger partial charge on any atom is -0.383 e. The quantitative estimate of drug-likeness (QED) is 0.720. The van der Waals surface area contributed by atoms with Crippen LogP contribution in [-0.4, -0.2) is 35.7 Å². The van der Waals surface area contributed by atoms with Crippen LogP contribution in [0.25, 0.3) is 0 Å². The molecule has 146 valence electrons. The van der Waals surface area contributed by atoms with E-state index in [1.165, 1.54) is 17.7 Å². The monoisotopic (exact) mass is 414 g/mol. The zero-order valence-electron chi connectivity index (χ0n) is 14.9. The van der Waals surface area contributed by atoms with E-state index in [1.54, 1.807) is 12.1 Å². The molecule has 8 nitrogen and oxygen atoms in total. The smallest absolute Gasteiger partial charge is 0.330 e. The first-order valence-electron chi connectivity index (χ1n) is 8.20. The SMILES string of the molecule is CCCn1c(N)c(N(CCOC)C(=O)c2cccc(Cl)c2Cl)c(=O)[nH]c1=O. The summed E-state index contributed by atoms with van der Waals surface area (Å²) in [4.78, 5) is 41.0. The average Bonchev–Trinajstić information content (AvgIpc) is 2.63. The van der Waals surface area contributed by atoms with E-state index in [9.17, 15) is 14.4 Å². The zero-order chi connectivity index (χ0) is 20.1. The second-order valence-electron chi connectivity index (χ2n) is 5.70. The predicted octanol–water partition coefficient (Wildman–Crippen LogP) is 2.13. The molecule has 1 aromatic heterocycles. The highest BCUT2D eigenvalue weighted by molar-refractivity contribution is 6.44. The molecular weight excluding hydrogens is 395 g/mol. The molecule has 2 aromatic rings. The number of rotatable bonds is 7. The van der Waals surface area contributed by atoms with Gasteiger partial charge in [-0.05, 0) is 18.6 Å². The predicted molar refractivity (Wildman–Crippen MR) is 106 cm³/mol. The van der Waals surface area contributed by atoms with Crippen molar-refractivity contribution in [3.8, 4) is 0 Å². The summed E-state index contributed by atoms with van der Waals surface area (Å²) in [5.41, 5.74) is 4.64. The summed E-state index contributed by atoms with van der Waals surface area (Å²) in [6.07, 6.45) is 0.613. The van der Waals surface area contributed by atoms with E-state index in [2.05, 4.69) is 4.98 Å². The molecule has 0 unspecified atom stereocenters. The van der Waals surface area contributed by atoms with E-state index in [0.29, 0.717) is 13.0 Å². The van der Waals surface area contributed by atoms with Crippen molar-refractivity contribution >= 4 is 40.6 Å². The summed E-state index contributed by atoms with van der Waals surface area (Å²) < 4.78 is 6.25. The van der Waals surface area contributed by atoms with Crippen LogP contribution in [0.15, 0.2) is 27.8 Å². The number of amides is 1. The molecule has 0 radical (unpaired) electrons. The number of nitrogens with zero attached hydrogens (tertiary/aromatic N) is 2. The number of benzene rings is 1. The molecule has 2 rings (SSSR count). The van der Waals surface area contributed by atoms with Crippen molar-refractivity contribution in [1.29, 1.82) is 0 Å². The third-order valence-electron chi connectivity index (χ3n) is 3.88. The Bertz CT molecular complexity index is 955. The summed E-state index contributed by atoms with van der Waals surface area (Å²) in [7, 11) is 1.46. The van der Waals surface area contributed by atoms with Crippen LogP contribution in [0.4, 0.5) is 11.5 Å². The Morgan fingerprint density at radius 1 is 1.33 bits per heavy atom. The van der Waals surface area contributed by atoms with Crippen LogP contribution in [0.3, 0.4) is 0 Å². The lowest BCUT2D eigenvalue weighted by Crippen LogP contribution is -2.42. The number of carbonyl (C=O) groups excluding carboxylic acids is 1. The van der Waals surface area contributed by atoms with Crippen molar-refractivity contribution in [2.45, 2.75) is 19.9 Å². The van der Waals surface area contributed by atoms with Gasteiger partial charge >= 0.3 is 5.69 Å². The number of carbonyl (C=O) groups is 1. The molecule has 0 saturated carbocycles. The highest BCUT2D eigenvalue weighted by Crippen LogP contribution is 2.28. The normalized spacial score (nSPS) is 10.8. The average molecular weight is 415 g/mol. The van der Waals surface area contributed by atoms with Gasteiger partial charge in [0.15, 0.2) is 5.69 Å². The lowest BCUT2D eigenvalue weighted by atomic mass is 10.2. The van der Waals surface area contributed by atoms with Gasteiger partial charge in [-0.15, -0.1) is 0 Å². The fourth-order valence-electron chi connectivity index (χ4n) is 2.60. The number of halogens is 2. The molecule has 10 heteroatoms. The van der Waals surface area contributed by atoms with Gasteiger partial charge in [-0.2, -0.15) is 0 Å². The van der Waals surface area contributed by atoms with Crippen molar-refractivity contribution < 1.29 is 9.53 Å². The Morgan fingerprint density at radius 2 is 2.04 bits per heavy atom. The fraction of sp³-hybridized carbons (Fsp3) is 0.353. The molecule has 0 aliphatic rings. The van der Waals surface area contributed by atoms with Crippen LogP contribution >= 0.6 is 23.2 Å². The van der Waals surface area contributed by atoms with Crippen molar-refractivity contribution in [2.24, 2.45) is 0 Å². The number of H-pyrrole nitrogens is 1. The van der Waals surface area contributed by atoms with Crippen molar-refractivity contribution in [3.63, 3.8) is 0 Å². The number of hydrogen-bond acceptors (Lipinski definition) is 5. The highest BCUT2D eigenvalue weighted by Gasteiger charge is 2.26. The van der Waals surface area contributed by atoms with Crippen molar-refractivity contribution in [3.05, 3.63) is 54.6 Å². The Hall–Kier alpha value is -2.29. The minimum atomic E-state index is -0.771. The van der Waals surface area contributed by atoms with Gasteiger partial charge in [-0.3, -0.25) is 24.0 Å². The summed E-state index contributed by atoms with van der Waals surface area (Å²) >= 11 is 12.2. The van der Waals surface area contributed by atoms with Gasteiger partial charge in [0.05, 0.1) is 22.2 Å². The van der Waals surface area contributed by atoms with Gasteiger partial charge in [0.2, 0.25) is 0 Å². The molecule has 0 saturated heterocycles. The number of nitrogens with one attached hydrogen (secondary N) is 1. The van der Waals surface area contributed by atoms with Crippen molar-refractivity contribution in [1.82, 2.24) is 9.55 Å². The summed E-state index contributed by atoms with van der Waals surface area (Å²) in [5, 5.41) is 0.260. The third-order valence-corrected chi connectivity index (χ3v) is 4.70. The zero-order valence-corrected chi connectivity index (χ0v) is 16.4. The summed E-state index contributed by atoms with van der Waals surface area (Å²) in [6, 6.07) is 4.60. The van der Waals surface area contributed by atoms with E-state index < -0.39 is 17.2 Å². The Labute approximate surface area is 165 Å². The lowest BCUT2D eigenvalue weighted by Gasteiger charge is -2.24. The number of nitrogens with two attached hydrogens (primary N) is 1. The topological polar surface area (TPSA) is 110 Å². The highest BCUT2D eigenvalue weighted by atomic mass is 35.5.